The largest absolute Gasteiger partial charge is 0.334 e. The number of nitro groups is 1. The minimum absolute atomic E-state index is 0.00882. The van der Waals surface area contributed by atoms with E-state index in [1.165, 1.54) is 23.5 Å². The molecule has 7 nitrogen and oxygen atoms in total. The number of likely N-dealkylation sites (tertiary alicyclic amines) is 1. The molecule has 0 aliphatic carbocycles. The predicted octanol–water partition coefficient (Wildman–Crippen LogP) is 2.53. The van der Waals surface area contributed by atoms with E-state index in [1.54, 1.807) is 17.5 Å². The molecule has 2 aromatic rings. The molecule has 2 atom stereocenters. The Morgan fingerprint density at radius 3 is 3.00 bits per heavy atom. The van der Waals surface area contributed by atoms with Gasteiger partial charge in [0.05, 0.1) is 4.92 Å². The van der Waals surface area contributed by atoms with E-state index in [9.17, 15) is 14.9 Å². The summed E-state index contributed by atoms with van der Waals surface area (Å²) in [6.07, 6.45) is 0.907. The maximum atomic E-state index is 12.7. The van der Waals surface area contributed by atoms with Gasteiger partial charge in [0.2, 0.25) is 0 Å². The smallest absolute Gasteiger partial charge is 0.273 e. The van der Waals surface area contributed by atoms with Gasteiger partial charge < -0.3 is 10.6 Å². The molecule has 1 aromatic heterocycles. The fourth-order valence-corrected chi connectivity index (χ4v) is 3.79. The first-order valence-corrected chi connectivity index (χ1v) is 8.59. The molecule has 1 amide bonds. The Bertz CT molecular complexity index is 776. The van der Waals surface area contributed by atoms with Crippen molar-refractivity contribution in [2.24, 2.45) is 11.7 Å². The van der Waals surface area contributed by atoms with Gasteiger partial charge in [-0.1, -0.05) is 12.1 Å². The van der Waals surface area contributed by atoms with Crippen LogP contribution >= 0.6 is 11.3 Å². The molecule has 126 valence electrons. The second-order valence-electron chi connectivity index (χ2n) is 5.99. The van der Waals surface area contributed by atoms with Gasteiger partial charge in [0.15, 0.2) is 0 Å². The van der Waals surface area contributed by atoms with E-state index in [0.717, 1.165) is 6.42 Å². The lowest BCUT2D eigenvalue weighted by molar-refractivity contribution is -0.384. The highest BCUT2D eigenvalue weighted by Crippen LogP contribution is 2.29. The first kappa shape index (κ1) is 16.5. The van der Waals surface area contributed by atoms with E-state index in [0.29, 0.717) is 35.3 Å². The van der Waals surface area contributed by atoms with Crippen LogP contribution in [-0.2, 0) is 0 Å². The van der Waals surface area contributed by atoms with Crippen LogP contribution in [0.4, 0.5) is 5.69 Å². The fraction of sp³-hybridized carbons (Fsp3) is 0.375. The quantitative estimate of drug-likeness (QED) is 0.677. The lowest BCUT2D eigenvalue weighted by atomic mass is 10.1. The maximum absolute atomic E-state index is 12.7. The van der Waals surface area contributed by atoms with Crippen LogP contribution in [0.5, 0.6) is 0 Å². The van der Waals surface area contributed by atoms with Crippen molar-refractivity contribution < 1.29 is 9.72 Å². The Hall–Kier alpha value is -2.32. The molecule has 2 N–H and O–H groups in total. The number of rotatable bonds is 4. The van der Waals surface area contributed by atoms with E-state index >= 15 is 0 Å². The highest BCUT2D eigenvalue weighted by atomic mass is 32.1. The summed E-state index contributed by atoms with van der Waals surface area (Å²) in [6.45, 7) is 3.24. The third-order valence-corrected chi connectivity index (χ3v) is 5.17. The van der Waals surface area contributed by atoms with Crippen molar-refractivity contribution in [1.29, 1.82) is 0 Å². The van der Waals surface area contributed by atoms with E-state index < -0.39 is 4.92 Å². The van der Waals surface area contributed by atoms with Gasteiger partial charge >= 0.3 is 0 Å². The Kier molecular flexibility index (Phi) is 4.59. The molecule has 1 fully saturated rings. The fourth-order valence-electron chi connectivity index (χ4n) is 3.00. The van der Waals surface area contributed by atoms with Crippen molar-refractivity contribution in [3.05, 3.63) is 45.5 Å². The highest BCUT2D eigenvalue weighted by Gasteiger charge is 2.33. The van der Waals surface area contributed by atoms with Crippen LogP contribution in [0, 0.1) is 16.0 Å². The molecule has 3 rings (SSSR count). The molecule has 1 aliphatic rings. The third-order valence-electron chi connectivity index (χ3n) is 4.28. The number of nitrogens with two attached hydrogens (primary N) is 1. The van der Waals surface area contributed by atoms with Gasteiger partial charge in [-0.2, -0.15) is 0 Å². The summed E-state index contributed by atoms with van der Waals surface area (Å²) in [4.78, 5) is 29.3. The normalized spacial score (nSPS) is 20.3. The van der Waals surface area contributed by atoms with Crippen LogP contribution in [-0.4, -0.2) is 39.8 Å². The number of thiazole rings is 1. The van der Waals surface area contributed by atoms with Gasteiger partial charge in [0, 0.05) is 35.7 Å². The number of non-ortho nitro benzene ring substituents is 1. The highest BCUT2D eigenvalue weighted by molar-refractivity contribution is 7.13. The molecule has 1 aromatic carbocycles. The molecule has 1 saturated heterocycles. The molecule has 0 bridgehead atoms. The van der Waals surface area contributed by atoms with Crippen LogP contribution in [0.2, 0.25) is 0 Å². The average molecular weight is 346 g/mol. The zero-order chi connectivity index (χ0) is 17.3. The average Bonchev–Trinajstić information content (AvgIpc) is 3.21. The van der Waals surface area contributed by atoms with Crippen LogP contribution < -0.4 is 5.73 Å². The summed E-state index contributed by atoms with van der Waals surface area (Å²) >= 11 is 1.31. The van der Waals surface area contributed by atoms with Crippen LogP contribution in [0.1, 0.15) is 23.8 Å². The molecule has 2 heterocycles. The molecule has 0 radical (unpaired) electrons. The Balaban J connectivity index is 1.82. The minimum atomic E-state index is -0.442. The summed E-state index contributed by atoms with van der Waals surface area (Å²) < 4.78 is 0. The number of nitrogens with zero attached hydrogens (tertiary/aromatic N) is 3. The van der Waals surface area contributed by atoms with Crippen molar-refractivity contribution in [2.45, 2.75) is 19.4 Å². The van der Waals surface area contributed by atoms with E-state index in [2.05, 4.69) is 4.98 Å². The van der Waals surface area contributed by atoms with Gasteiger partial charge in [-0.05, 0) is 25.8 Å². The summed E-state index contributed by atoms with van der Waals surface area (Å²) in [5.41, 5.74) is 6.74. The number of hydrogen-bond donors (Lipinski definition) is 1. The van der Waals surface area contributed by atoms with Gasteiger partial charge in [0.25, 0.3) is 11.6 Å². The third kappa shape index (κ3) is 3.15. The first-order chi connectivity index (χ1) is 11.5. The molecular weight excluding hydrogens is 328 g/mol. The summed E-state index contributed by atoms with van der Waals surface area (Å²) in [6, 6.07) is 6.42. The molecule has 0 saturated carbocycles. The standard InChI is InChI=1S/C16H18N4O3S/c1-10-5-11(7-17)8-19(10)16(21)14-9-24-15(18-14)12-3-2-4-13(6-12)20(22)23/h2-4,6,9-11H,5,7-8,17H2,1H3. The Morgan fingerprint density at radius 1 is 1.54 bits per heavy atom. The summed E-state index contributed by atoms with van der Waals surface area (Å²) in [5, 5.41) is 13.2. The van der Waals surface area contributed by atoms with Crippen LogP contribution in [0.3, 0.4) is 0 Å². The van der Waals surface area contributed by atoms with Crippen LogP contribution in [0.25, 0.3) is 10.6 Å². The number of nitro benzene ring substituents is 1. The van der Waals surface area contributed by atoms with Crippen molar-refractivity contribution in [2.75, 3.05) is 13.1 Å². The number of carbonyl (C=O) groups is 1. The van der Waals surface area contributed by atoms with Crippen molar-refractivity contribution in [3.63, 3.8) is 0 Å². The van der Waals surface area contributed by atoms with Gasteiger partial charge in [-0.15, -0.1) is 11.3 Å². The lowest BCUT2D eigenvalue weighted by Gasteiger charge is -2.20. The molecular formula is C16H18N4O3S. The Morgan fingerprint density at radius 2 is 2.33 bits per heavy atom. The minimum Gasteiger partial charge on any atom is -0.334 e. The topological polar surface area (TPSA) is 102 Å². The van der Waals surface area contributed by atoms with Crippen LogP contribution in [0.15, 0.2) is 29.6 Å². The summed E-state index contributed by atoms with van der Waals surface area (Å²) in [7, 11) is 0. The van der Waals surface area contributed by atoms with Crippen molar-refractivity contribution >= 4 is 22.9 Å². The zero-order valence-corrected chi connectivity index (χ0v) is 14.0. The number of aromatic nitrogens is 1. The van der Waals surface area contributed by atoms with Crippen molar-refractivity contribution in [3.8, 4) is 10.6 Å². The zero-order valence-electron chi connectivity index (χ0n) is 13.2. The lowest BCUT2D eigenvalue weighted by Crippen LogP contribution is -2.34. The second kappa shape index (κ2) is 6.66. The van der Waals surface area contributed by atoms with E-state index in [4.69, 9.17) is 5.73 Å². The Labute approximate surface area is 143 Å². The van der Waals surface area contributed by atoms with Gasteiger partial charge in [0.1, 0.15) is 10.7 Å². The predicted molar refractivity (Wildman–Crippen MR) is 91.9 cm³/mol. The number of hydrogen-bond acceptors (Lipinski definition) is 6. The molecule has 1 aliphatic heterocycles. The SMILES string of the molecule is CC1CC(CN)CN1C(=O)c1csc(-c2cccc([N+](=O)[O-])c2)n1. The number of amides is 1. The van der Waals surface area contributed by atoms with Gasteiger partial charge in [-0.3, -0.25) is 14.9 Å². The molecule has 2 unspecified atom stereocenters. The second-order valence-corrected chi connectivity index (χ2v) is 6.85. The van der Waals surface area contributed by atoms with Crippen molar-refractivity contribution in [1.82, 2.24) is 9.88 Å². The van der Waals surface area contributed by atoms with Gasteiger partial charge in [-0.25, -0.2) is 4.98 Å². The monoisotopic (exact) mass is 346 g/mol. The summed E-state index contributed by atoms with van der Waals surface area (Å²) in [5.74, 6) is 0.227. The van der Waals surface area contributed by atoms with E-state index in [1.807, 2.05) is 11.8 Å². The number of carbonyl (C=O) groups excluding carboxylic acids is 1. The maximum Gasteiger partial charge on any atom is 0.273 e. The molecule has 8 heteroatoms. The first-order valence-electron chi connectivity index (χ1n) is 7.71. The molecule has 24 heavy (non-hydrogen) atoms. The van der Waals surface area contributed by atoms with E-state index in [-0.39, 0.29) is 17.6 Å². The number of benzene rings is 1. The molecule has 0 spiro atoms.